The summed E-state index contributed by atoms with van der Waals surface area (Å²) in [6, 6.07) is 3.59. The van der Waals surface area contributed by atoms with Crippen LogP contribution in [0.15, 0.2) is 18.3 Å². The van der Waals surface area contributed by atoms with Crippen LogP contribution in [-0.4, -0.2) is 54.7 Å². The molecule has 0 aromatic carbocycles. The van der Waals surface area contributed by atoms with Gasteiger partial charge in [0.2, 0.25) is 0 Å². The van der Waals surface area contributed by atoms with Crippen LogP contribution >= 0.6 is 0 Å². The zero-order valence-electron chi connectivity index (χ0n) is 11.3. The summed E-state index contributed by atoms with van der Waals surface area (Å²) in [5.41, 5.74) is 0.829. The number of pyridine rings is 1. The highest BCUT2D eigenvalue weighted by molar-refractivity contribution is 5.92. The summed E-state index contributed by atoms with van der Waals surface area (Å²) >= 11 is 0. The Balaban J connectivity index is 2.78. The molecular weight excluding hydrogens is 230 g/mol. The topological polar surface area (TPSA) is 56.7 Å². The Morgan fingerprint density at radius 3 is 2.67 bits per heavy atom. The zero-order valence-corrected chi connectivity index (χ0v) is 11.3. The van der Waals surface area contributed by atoms with E-state index in [0.717, 1.165) is 26.1 Å². The highest BCUT2D eigenvalue weighted by Crippen LogP contribution is 2.18. The van der Waals surface area contributed by atoms with Gasteiger partial charge in [0.05, 0.1) is 5.69 Å². The summed E-state index contributed by atoms with van der Waals surface area (Å²) in [4.78, 5) is 19.2. The number of rotatable bonds is 7. The lowest BCUT2D eigenvalue weighted by Gasteiger charge is -2.24. The van der Waals surface area contributed by atoms with E-state index in [1.165, 1.54) is 6.20 Å². The van der Waals surface area contributed by atoms with Crippen LogP contribution in [0.4, 0.5) is 5.69 Å². The average molecular weight is 251 g/mol. The van der Waals surface area contributed by atoms with Gasteiger partial charge in [0.25, 0.3) is 0 Å². The van der Waals surface area contributed by atoms with Crippen LogP contribution < -0.4 is 4.90 Å². The van der Waals surface area contributed by atoms with Crippen LogP contribution in [0.1, 0.15) is 23.8 Å². The molecular formula is C13H21N3O2. The molecule has 1 aromatic heterocycles. The van der Waals surface area contributed by atoms with Crippen molar-refractivity contribution < 1.29 is 9.90 Å². The minimum Gasteiger partial charge on any atom is -0.476 e. The summed E-state index contributed by atoms with van der Waals surface area (Å²) in [6.07, 6.45) is 2.51. The van der Waals surface area contributed by atoms with E-state index >= 15 is 0 Å². The van der Waals surface area contributed by atoms with Gasteiger partial charge in [0, 0.05) is 19.3 Å². The van der Waals surface area contributed by atoms with Gasteiger partial charge in [0.1, 0.15) is 0 Å². The molecule has 0 atom stereocenters. The van der Waals surface area contributed by atoms with E-state index < -0.39 is 5.97 Å². The predicted molar refractivity (Wildman–Crippen MR) is 72.3 cm³/mol. The zero-order chi connectivity index (χ0) is 13.5. The van der Waals surface area contributed by atoms with E-state index in [1.54, 1.807) is 6.07 Å². The lowest BCUT2D eigenvalue weighted by molar-refractivity contribution is 0.0691. The molecule has 5 nitrogen and oxygen atoms in total. The summed E-state index contributed by atoms with van der Waals surface area (Å²) in [6.45, 7) is 4.62. The molecule has 0 aliphatic carbocycles. The van der Waals surface area contributed by atoms with Crippen LogP contribution in [0.25, 0.3) is 0 Å². The van der Waals surface area contributed by atoms with Gasteiger partial charge in [0.15, 0.2) is 5.69 Å². The Morgan fingerprint density at radius 2 is 2.11 bits per heavy atom. The Morgan fingerprint density at radius 1 is 1.39 bits per heavy atom. The average Bonchev–Trinajstić information content (AvgIpc) is 2.34. The number of nitrogens with zero attached hydrogens (tertiary/aromatic N) is 3. The lowest BCUT2D eigenvalue weighted by Crippen LogP contribution is -2.28. The fourth-order valence-electron chi connectivity index (χ4n) is 1.84. The Kier molecular flexibility index (Phi) is 5.58. The van der Waals surface area contributed by atoms with Gasteiger partial charge < -0.3 is 14.9 Å². The Hall–Kier alpha value is -1.62. The molecule has 100 valence electrons. The molecule has 1 aromatic rings. The molecule has 0 amide bonds. The Labute approximate surface area is 108 Å². The quantitative estimate of drug-likeness (QED) is 0.797. The van der Waals surface area contributed by atoms with Crippen LogP contribution in [0.2, 0.25) is 0 Å². The number of hydrogen-bond donors (Lipinski definition) is 1. The highest BCUT2D eigenvalue weighted by atomic mass is 16.4. The molecule has 0 spiro atoms. The van der Waals surface area contributed by atoms with Crippen molar-refractivity contribution in [1.82, 2.24) is 9.88 Å². The lowest BCUT2D eigenvalue weighted by atomic mass is 10.2. The first kappa shape index (κ1) is 14.4. The molecule has 1 heterocycles. The van der Waals surface area contributed by atoms with Gasteiger partial charge in [-0.15, -0.1) is 0 Å². The number of anilines is 1. The highest BCUT2D eigenvalue weighted by Gasteiger charge is 2.15. The SMILES string of the molecule is CCN(CCCN(C)C)c1cccnc1C(=O)O. The van der Waals surface area contributed by atoms with Crippen molar-refractivity contribution in [2.75, 3.05) is 38.6 Å². The summed E-state index contributed by atoms with van der Waals surface area (Å²) in [7, 11) is 4.06. The molecule has 0 bridgehead atoms. The van der Waals surface area contributed by atoms with Crippen molar-refractivity contribution in [1.29, 1.82) is 0 Å². The Bertz CT molecular complexity index is 394. The van der Waals surface area contributed by atoms with Crippen molar-refractivity contribution >= 4 is 11.7 Å². The predicted octanol–water partition coefficient (Wildman–Crippen LogP) is 1.56. The second-order valence-corrected chi connectivity index (χ2v) is 4.41. The second-order valence-electron chi connectivity index (χ2n) is 4.41. The van der Waals surface area contributed by atoms with Gasteiger partial charge in [-0.25, -0.2) is 9.78 Å². The molecule has 0 fully saturated rings. The normalized spacial score (nSPS) is 10.7. The number of aromatic nitrogens is 1. The third kappa shape index (κ3) is 4.00. The largest absolute Gasteiger partial charge is 0.476 e. The summed E-state index contributed by atoms with van der Waals surface area (Å²) < 4.78 is 0. The van der Waals surface area contributed by atoms with Crippen LogP contribution in [0.3, 0.4) is 0 Å². The molecule has 0 saturated carbocycles. The van der Waals surface area contributed by atoms with E-state index in [9.17, 15) is 4.79 Å². The summed E-state index contributed by atoms with van der Waals surface area (Å²) in [5, 5.41) is 9.13. The second kappa shape index (κ2) is 6.96. The van der Waals surface area contributed by atoms with Crippen molar-refractivity contribution in [3.8, 4) is 0 Å². The smallest absolute Gasteiger partial charge is 0.356 e. The van der Waals surface area contributed by atoms with Crippen molar-refractivity contribution in [2.24, 2.45) is 0 Å². The van der Waals surface area contributed by atoms with Gasteiger partial charge in [-0.3, -0.25) is 0 Å². The molecule has 0 aliphatic rings. The monoisotopic (exact) mass is 251 g/mol. The van der Waals surface area contributed by atoms with E-state index in [4.69, 9.17) is 5.11 Å². The van der Waals surface area contributed by atoms with Gasteiger partial charge in [-0.05, 0) is 46.1 Å². The molecule has 0 unspecified atom stereocenters. The van der Waals surface area contributed by atoms with E-state index in [1.807, 2.05) is 27.1 Å². The third-order valence-corrected chi connectivity index (χ3v) is 2.74. The molecule has 0 saturated heterocycles. The van der Waals surface area contributed by atoms with E-state index in [0.29, 0.717) is 5.69 Å². The first-order chi connectivity index (χ1) is 8.56. The van der Waals surface area contributed by atoms with Crippen LogP contribution in [-0.2, 0) is 0 Å². The van der Waals surface area contributed by atoms with E-state index in [-0.39, 0.29) is 5.69 Å². The first-order valence-corrected chi connectivity index (χ1v) is 6.14. The number of carboxylic acid groups (broad SMARTS) is 1. The number of carboxylic acids is 1. The van der Waals surface area contributed by atoms with Crippen molar-refractivity contribution in [3.63, 3.8) is 0 Å². The van der Waals surface area contributed by atoms with Crippen LogP contribution in [0, 0.1) is 0 Å². The molecule has 18 heavy (non-hydrogen) atoms. The van der Waals surface area contributed by atoms with Gasteiger partial charge >= 0.3 is 5.97 Å². The van der Waals surface area contributed by atoms with E-state index in [2.05, 4.69) is 14.8 Å². The van der Waals surface area contributed by atoms with Crippen LogP contribution in [0.5, 0.6) is 0 Å². The third-order valence-electron chi connectivity index (χ3n) is 2.74. The standard InChI is InChI=1S/C13H21N3O2/c1-4-16(10-6-9-15(2)3)11-7-5-8-14-12(11)13(17)18/h5,7-8H,4,6,9-10H2,1-3H3,(H,17,18). The molecule has 0 aliphatic heterocycles. The fraction of sp³-hybridized carbons (Fsp3) is 0.538. The minimum absolute atomic E-state index is 0.129. The number of aromatic carboxylic acids is 1. The van der Waals surface area contributed by atoms with Crippen molar-refractivity contribution in [3.05, 3.63) is 24.0 Å². The molecule has 5 heteroatoms. The summed E-state index contributed by atoms with van der Waals surface area (Å²) in [5.74, 6) is -0.975. The number of hydrogen-bond acceptors (Lipinski definition) is 4. The molecule has 1 N–H and O–H groups in total. The fourth-order valence-corrected chi connectivity index (χ4v) is 1.84. The maximum absolute atomic E-state index is 11.1. The molecule has 1 rings (SSSR count). The van der Waals surface area contributed by atoms with Gasteiger partial charge in [-0.1, -0.05) is 0 Å². The minimum atomic E-state index is -0.975. The molecule has 0 radical (unpaired) electrons. The maximum atomic E-state index is 11.1. The number of carbonyl (C=O) groups is 1. The van der Waals surface area contributed by atoms with Crippen molar-refractivity contribution in [2.45, 2.75) is 13.3 Å². The maximum Gasteiger partial charge on any atom is 0.356 e. The van der Waals surface area contributed by atoms with Gasteiger partial charge in [-0.2, -0.15) is 0 Å². The first-order valence-electron chi connectivity index (χ1n) is 6.14.